The zero-order valence-electron chi connectivity index (χ0n) is 27.8. The Hall–Kier alpha value is -6.50. The Balaban J connectivity index is 1.19. The zero-order valence-corrected chi connectivity index (χ0v) is 27.8. The van der Waals surface area contributed by atoms with Gasteiger partial charge in [0.05, 0.1) is 5.41 Å². The van der Waals surface area contributed by atoms with Gasteiger partial charge in [-0.25, -0.2) is 0 Å². The molecule has 12 rings (SSSR count). The van der Waals surface area contributed by atoms with E-state index in [0.29, 0.717) is 0 Å². The lowest BCUT2D eigenvalue weighted by Gasteiger charge is -2.30. The monoisotopic (exact) mass is 642 g/mol. The second kappa shape index (κ2) is 9.81. The van der Waals surface area contributed by atoms with Gasteiger partial charge in [0, 0.05) is 0 Å². The van der Waals surface area contributed by atoms with Crippen LogP contribution in [0.15, 0.2) is 182 Å². The molecule has 0 radical (unpaired) electrons. The minimum atomic E-state index is -0.357. The van der Waals surface area contributed by atoms with Crippen molar-refractivity contribution in [2.24, 2.45) is 0 Å². The van der Waals surface area contributed by atoms with Crippen molar-refractivity contribution in [3.8, 4) is 33.4 Å². The molecule has 0 saturated carbocycles. The van der Waals surface area contributed by atoms with Gasteiger partial charge in [0.25, 0.3) is 0 Å². The summed E-state index contributed by atoms with van der Waals surface area (Å²) in [7, 11) is 0. The standard InChI is InChI=1S/C51H30/c1-4-19-41-33(13-1)34-14-2-6-21-43(34)50-44-29-31(25-27-36(44)35-15-3-5-20-42(35)49(41)50)32-26-28-40-39-18-9-12-24-47(39)51(48(40)30-32)45-22-10-7-16-37(45)38-17-8-11-23-46(38)51/h1-30H. The van der Waals surface area contributed by atoms with Crippen LogP contribution in [0.4, 0.5) is 0 Å². The fraction of sp³-hybridized carbons (Fsp3) is 0.0196. The van der Waals surface area contributed by atoms with E-state index in [4.69, 9.17) is 0 Å². The Kier molecular flexibility index (Phi) is 5.26. The third kappa shape index (κ3) is 3.35. The molecule has 0 heteroatoms. The molecule has 0 aliphatic heterocycles. The molecule has 0 nitrogen and oxygen atoms in total. The van der Waals surface area contributed by atoms with Crippen molar-refractivity contribution >= 4 is 53.9 Å². The molecule has 2 aliphatic carbocycles. The largest absolute Gasteiger partial charge is 0.0725 e. The summed E-state index contributed by atoms with van der Waals surface area (Å²) in [5, 5.41) is 13.1. The molecule has 0 amide bonds. The number of hydrogen-bond acceptors (Lipinski definition) is 0. The summed E-state index contributed by atoms with van der Waals surface area (Å²) in [4.78, 5) is 0. The van der Waals surface area contributed by atoms with E-state index in [1.807, 2.05) is 0 Å². The fourth-order valence-electron chi connectivity index (χ4n) is 10.1. The average molecular weight is 643 g/mol. The van der Waals surface area contributed by atoms with Gasteiger partial charge < -0.3 is 0 Å². The maximum Gasteiger partial charge on any atom is 0.0725 e. The van der Waals surface area contributed by atoms with Crippen molar-refractivity contribution in [1.29, 1.82) is 0 Å². The molecule has 0 N–H and O–H groups in total. The van der Waals surface area contributed by atoms with Gasteiger partial charge in [-0.3, -0.25) is 0 Å². The van der Waals surface area contributed by atoms with E-state index in [2.05, 4.69) is 182 Å². The minimum absolute atomic E-state index is 0.357. The van der Waals surface area contributed by atoms with Crippen LogP contribution in [0.25, 0.3) is 87.2 Å². The Labute approximate surface area is 295 Å². The SMILES string of the molecule is c1ccc2c(c1)-c1ccccc1C21c2ccccc2-c2ccc(-c3ccc4c5ccccc5c5c6ccccc6c6ccccc6c5c4c3)cc21. The highest BCUT2D eigenvalue weighted by molar-refractivity contribution is 6.39. The molecule has 10 aromatic carbocycles. The molecule has 51 heavy (non-hydrogen) atoms. The number of rotatable bonds is 1. The number of benzene rings is 10. The van der Waals surface area contributed by atoms with Gasteiger partial charge >= 0.3 is 0 Å². The van der Waals surface area contributed by atoms with Crippen LogP contribution < -0.4 is 0 Å². The Bertz CT molecular complexity index is 3060. The van der Waals surface area contributed by atoms with E-state index >= 15 is 0 Å². The molecule has 10 aromatic rings. The lowest BCUT2D eigenvalue weighted by Crippen LogP contribution is -2.25. The van der Waals surface area contributed by atoms with Crippen LogP contribution in [0, 0.1) is 0 Å². The first-order valence-corrected chi connectivity index (χ1v) is 17.9. The second-order valence-electron chi connectivity index (χ2n) is 14.3. The summed E-state index contributed by atoms with van der Waals surface area (Å²) in [6.45, 7) is 0. The van der Waals surface area contributed by atoms with E-state index in [0.717, 1.165) is 0 Å². The van der Waals surface area contributed by atoms with Gasteiger partial charge in [-0.15, -0.1) is 0 Å². The third-order valence-corrected chi connectivity index (χ3v) is 12.0. The molecule has 0 unspecified atom stereocenters. The first-order valence-electron chi connectivity index (χ1n) is 17.9. The summed E-state index contributed by atoms with van der Waals surface area (Å²) in [5.74, 6) is 0. The lowest BCUT2D eigenvalue weighted by atomic mass is 9.70. The Morgan fingerprint density at radius 2 is 0.588 bits per heavy atom. The average Bonchev–Trinajstić information content (AvgIpc) is 3.67. The highest BCUT2D eigenvalue weighted by Crippen LogP contribution is 2.63. The van der Waals surface area contributed by atoms with Crippen molar-refractivity contribution in [2.75, 3.05) is 0 Å². The van der Waals surface area contributed by atoms with Crippen LogP contribution >= 0.6 is 0 Å². The number of fused-ring (bicyclic) bond motifs is 21. The van der Waals surface area contributed by atoms with Crippen LogP contribution in [0.2, 0.25) is 0 Å². The van der Waals surface area contributed by atoms with Gasteiger partial charge in [-0.1, -0.05) is 170 Å². The van der Waals surface area contributed by atoms with E-state index in [1.54, 1.807) is 0 Å². The Morgan fingerprint density at radius 3 is 1.10 bits per heavy atom. The van der Waals surface area contributed by atoms with Gasteiger partial charge in [-0.2, -0.15) is 0 Å². The van der Waals surface area contributed by atoms with Crippen LogP contribution in [-0.4, -0.2) is 0 Å². The van der Waals surface area contributed by atoms with Gasteiger partial charge in [0.15, 0.2) is 0 Å². The van der Waals surface area contributed by atoms with E-state index in [1.165, 1.54) is 109 Å². The highest BCUT2D eigenvalue weighted by Gasteiger charge is 2.51. The third-order valence-electron chi connectivity index (χ3n) is 12.0. The molecule has 0 fully saturated rings. The molecular weight excluding hydrogens is 613 g/mol. The molecule has 0 saturated heterocycles. The lowest BCUT2D eigenvalue weighted by molar-refractivity contribution is 0.794. The maximum atomic E-state index is 2.51. The highest BCUT2D eigenvalue weighted by atomic mass is 14.5. The van der Waals surface area contributed by atoms with Crippen LogP contribution in [0.3, 0.4) is 0 Å². The van der Waals surface area contributed by atoms with Crippen LogP contribution in [0.1, 0.15) is 22.3 Å². The van der Waals surface area contributed by atoms with E-state index in [-0.39, 0.29) is 5.41 Å². The van der Waals surface area contributed by atoms with Crippen molar-refractivity contribution in [2.45, 2.75) is 5.41 Å². The fourth-order valence-corrected chi connectivity index (χ4v) is 10.1. The summed E-state index contributed by atoms with van der Waals surface area (Å²) in [6.07, 6.45) is 0. The molecular formula is C51H30. The van der Waals surface area contributed by atoms with E-state index < -0.39 is 0 Å². The molecule has 2 aliphatic rings. The topological polar surface area (TPSA) is 0 Å². The summed E-state index contributed by atoms with van der Waals surface area (Å²) in [6, 6.07) is 68.5. The summed E-state index contributed by atoms with van der Waals surface area (Å²) in [5.41, 5.74) is 13.0. The molecule has 0 heterocycles. The normalized spacial score (nSPS) is 13.6. The van der Waals surface area contributed by atoms with Crippen molar-refractivity contribution < 1.29 is 0 Å². The van der Waals surface area contributed by atoms with Gasteiger partial charge in [0.1, 0.15) is 0 Å². The minimum Gasteiger partial charge on any atom is -0.0619 e. The first-order chi connectivity index (χ1) is 25.3. The predicted molar refractivity (Wildman–Crippen MR) is 216 cm³/mol. The predicted octanol–water partition coefficient (Wildman–Crippen LogP) is 13.5. The number of hydrogen-bond donors (Lipinski definition) is 0. The first kappa shape index (κ1) is 27.3. The molecule has 234 valence electrons. The summed E-state index contributed by atoms with van der Waals surface area (Å²) < 4.78 is 0. The smallest absolute Gasteiger partial charge is 0.0619 e. The van der Waals surface area contributed by atoms with Crippen LogP contribution in [0.5, 0.6) is 0 Å². The van der Waals surface area contributed by atoms with Crippen molar-refractivity contribution in [3.05, 3.63) is 204 Å². The molecule has 0 atom stereocenters. The van der Waals surface area contributed by atoms with Gasteiger partial charge in [-0.05, 0) is 122 Å². The summed E-state index contributed by atoms with van der Waals surface area (Å²) >= 11 is 0. The molecule has 1 spiro atoms. The molecule has 0 aromatic heterocycles. The molecule has 0 bridgehead atoms. The second-order valence-corrected chi connectivity index (χ2v) is 14.3. The van der Waals surface area contributed by atoms with Gasteiger partial charge in [0.2, 0.25) is 0 Å². The van der Waals surface area contributed by atoms with E-state index in [9.17, 15) is 0 Å². The van der Waals surface area contributed by atoms with Crippen molar-refractivity contribution in [3.63, 3.8) is 0 Å². The quantitative estimate of drug-likeness (QED) is 0.156. The zero-order chi connectivity index (χ0) is 33.3. The van der Waals surface area contributed by atoms with Crippen LogP contribution in [-0.2, 0) is 5.41 Å². The maximum absolute atomic E-state index is 2.51. The Morgan fingerprint density at radius 1 is 0.235 bits per heavy atom. The van der Waals surface area contributed by atoms with Crippen molar-refractivity contribution in [1.82, 2.24) is 0 Å².